The molecular formula is C25H46O2. The summed E-state index contributed by atoms with van der Waals surface area (Å²) in [4.78, 5) is 12.0. The minimum atomic E-state index is -0.141. The molecule has 158 valence electrons. The van der Waals surface area contributed by atoms with E-state index in [2.05, 4.69) is 19.9 Å². The second-order valence-electron chi connectivity index (χ2n) is 7.64. The monoisotopic (exact) mass is 378 g/mol. The van der Waals surface area contributed by atoms with Crippen LogP contribution in [-0.4, -0.2) is 12.6 Å². The average molecular weight is 379 g/mol. The van der Waals surface area contributed by atoms with Crippen molar-refractivity contribution in [1.82, 2.24) is 0 Å². The summed E-state index contributed by atoms with van der Waals surface area (Å²) in [5.74, 6) is -0.141. The molecular weight excluding hydrogens is 332 g/mol. The smallest absolute Gasteiger partial charge is 0.333 e. The van der Waals surface area contributed by atoms with E-state index in [1.165, 1.54) is 77.0 Å². The van der Waals surface area contributed by atoms with Crippen molar-refractivity contribution in [3.8, 4) is 0 Å². The third-order valence-electron chi connectivity index (χ3n) is 5.03. The molecule has 2 heteroatoms. The molecule has 0 rings (SSSR count). The summed E-state index contributed by atoms with van der Waals surface area (Å²) in [6, 6.07) is 0. The maximum Gasteiger partial charge on any atom is 0.333 e. The van der Waals surface area contributed by atoms with Crippen molar-refractivity contribution in [3.63, 3.8) is 0 Å². The fourth-order valence-electron chi connectivity index (χ4n) is 3.15. The maximum absolute atomic E-state index is 12.0. The highest BCUT2D eigenvalue weighted by atomic mass is 16.5. The van der Waals surface area contributed by atoms with Gasteiger partial charge in [-0.3, -0.25) is 0 Å². The predicted molar refractivity (Wildman–Crippen MR) is 119 cm³/mol. The molecule has 0 fully saturated rings. The van der Waals surface area contributed by atoms with Gasteiger partial charge in [0.1, 0.15) is 0 Å². The molecule has 0 saturated heterocycles. The fourth-order valence-corrected chi connectivity index (χ4v) is 3.15. The van der Waals surface area contributed by atoms with Crippen molar-refractivity contribution in [2.75, 3.05) is 6.61 Å². The zero-order valence-electron chi connectivity index (χ0n) is 18.6. The van der Waals surface area contributed by atoms with Crippen LogP contribution in [0.2, 0.25) is 0 Å². The minimum Gasteiger partial charge on any atom is -0.462 e. The summed E-state index contributed by atoms with van der Waals surface area (Å²) in [5, 5.41) is 0. The minimum absolute atomic E-state index is 0.141. The van der Waals surface area contributed by atoms with Gasteiger partial charge < -0.3 is 4.74 Å². The van der Waals surface area contributed by atoms with Gasteiger partial charge in [-0.2, -0.15) is 0 Å². The molecule has 0 radical (unpaired) electrons. The number of esters is 1. The van der Waals surface area contributed by atoms with Crippen LogP contribution in [0.4, 0.5) is 0 Å². The van der Waals surface area contributed by atoms with Crippen molar-refractivity contribution >= 4 is 5.97 Å². The molecule has 0 saturated carbocycles. The predicted octanol–water partition coefficient (Wildman–Crippen LogP) is 8.31. The van der Waals surface area contributed by atoms with E-state index >= 15 is 0 Å². The fraction of sp³-hybridized carbons (Fsp3) is 0.800. The topological polar surface area (TPSA) is 26.3 Å². The first-order chi connectivity index (χ1) is 13.3. The molecule has 0 aliphatic rings. The van der Waals surface area contributed by atoms with Gasteiger partial charge in [0.15, 0.2) is 0 Å². The number of unbranched alkanes of at least 4 members (excludes halogenated alkanes) is 13. The van der Waals surface area contributed by atoms with Crippen molar-refractivity contribution in [1.29, 1.82) is 0 Å². The number of carbonyl (C=O) groups excluding carboxylic acids is 1. The van der Waals surface area contributed by atoms with Crippen molar-refractivity contribution in [2.45, 2.75) is 124 Å². The van der Waals surface area contributed by atoms with Gasteiger partial charge >= 0.3 is 5.97 Å². The molecule has 0 heterocycles. The Balaban J connectivity index is 3.67. The lowest BCUT2D eigenvalue weighted by molar-refractivity contribution is -0.139. The van der Waals surface area contributed by atoms with Crippen LogP contribution in [0.1, 0.15) is 124 Å². The Morgan fingerprint density at radius 2 is 1.22 bits per heavy atom. The van der Waals surface area contributed by atoms with E-state index in [0.29, 0.717) is 6.61 Å². The lowest BCUT2D eigenvalue weighted by Gasteiger charge is -2.05. The van der Waals surface area contributed by atoms with E-state index in [9.17, 15) is 4.79 Å². The van der Waals surface area contributed by atoms with Gasteiger partial charge in [-0.1, -0.05) is 116 Å². The van der Waals surface area contributed by atoms with Gasteiger partial charge in [0, 0.05) is 5.57 Å². The number of carbonyl (C=O) groups is 1. The van der Waals surface area contributed by atoms with Crippen LogP contribution in [0, 0.1) is 0 Å². The maximum atomic E-state index is 12.0. The van der Waals surface area contributed by atoms with Crippen LogP contribution in [-0.2, 0) is 9.53 Å². The third-order valence-corrected chi connectivity index (χ3v) is 5.03. The van der Waals surface area contributed by atoms with E-state index in [1.54, 1.807) is 0 Å². The van der Waals surface area contributed by atoms with Crippen molar-refractivity contribution < 1.29 is 9.53 Å². The Labute approximate surface area is 169 Å². The molecule has 0 aromatic rings. The van der Waals surface area contributed by atoms with Crippen LogP contribution in [0.25, 0.3) is 0 Å². The number of allylic oxidation sites excluding steroid dienone is 3. The van der Waals surface area contributed by atoms with Crippen molar-refractivity contribution in [2.24, 2.45) is 0 Å². The van der Waals surface area contributed by atoms with Gasteiger partial charge in [0.25, 0.3) is 0 Å². The van der Waals surface area contributed by atoms with Gasteiger partial charge in [-0.15, -0.1) is 0 Å². The van der Waals surface area contributed by atoms with E-state index in [1.807, 2.05) is 19.1 Å². The van der Waals surface area contributed by atoms with Crippen LogP contribution < -0.4 is 0 Å². The van der Waals surface area contributed by atoms with Crippen LogP contribution in [0.3, 0.4) is 0 Å². The third kappa shape index (κ3) is 18.1. The molecule has 0 atom stereocenters. The SMILES string of the molecule is CCCCCCCCCCCCC=CC=C(CC)C(=O)OCCCCCC. The molecule has 0 bridgehead atoms. The molecule has 0 aliphatic carbocycles. The largest absolute Gasteiger partial charge is 0.462 e. The van der Waals surface area contributed by atoms with E-state index < -0.39 is 0 Å². The Morgan fingerprint density at radius 3 is 1.78 bits per heavy atom. The lowest BCUT2D eigenvalue weighted by Crippen LogP contribution is -2.08. The van der Waals surface area contributed by atoms with Gasteiger partial charge in [-0.05, 0) is 25.7 Å². The Hall–Kier alpha value is -1.05. The Morgan fingerprint density at radius 1 is 0.704 bits per heavy atom. The second-order valence-corrected chi connectivity index (χ2v) is 7.64. The average Bonchev–Trinajstić information content (AvgIpc) is 2.68. The van der Waals surface area contributed by atoms with Crippen LogP contribution in [0.15, 0.2) is 23.8 Å². The molecule has 0 aromatic heterocycles. The number of hydrogen-bond acceptors (Lipinski definition) is 2. The number of hydrogen-bond donors (Lipinski definition) is 0. The summed E-state index contributed by atoms with van der Waals surface area (Å²) < 4.78 is 5.36. The Bertz CT molecular complexity index is 382. The summed E-state index contributed by atoms with van der Waals surface area (Å²) in [6.07, 6.45) is 26.3. The molecule has 0 aromatic carbocycles. The van der Waals surface area contributed by atoms with Crippen molar-refractivity contribution in [3.05, 3.63) is 23.8 Å². The first kappa shape index (κ1) is 26.0. The zero-order valence-corrected chi connectivity index (χ0v) is 18.6. The number of ether oxygens (including phenoxy) is 1. The lowest BCUT2D eigenvalue weighted by atomic mass is 10.1. The Kier molecular flexibility index (Phi) is 20.4. The van der Waals surface area contributed by atoms with Gasteiger partial charge in [0.05, 0.1) is 6.61 Å². The standard InChI is InChI=1S/C25H46O2/c1-4-7-9-11-12-13-14-15-16-17-18-19-20-22-24(6-3)25(26)27-23-21-10-8-5-2/h19-20,22H,4-18,21,23H2,1-3H3. The first-order valence-electron chi connectivity index (χ1n) is 11.8. The summed E-state index contributed by atoms with van der Waals surface area (Å²) >= 11 is 0. The highest BCUT2D eigenvalue weighted by Gasteiger charge is 2.07. The van der Waals surface area contributed by atoms with Crippen LogP contribution in [0.5, 0.6) is 0 Å². The molecule has 2 nitrogen and oxygen atoms in total. The normalized spacial score (nSPS) is 12.0. The molecule has 0 unspecified atom stereocenters. The number of rotatable bonds is 19. The molecule has 27 heavy (non-hydrogen) atoms. The highest BCUT2D eigenvalue weighted by molar-refractivity contribution is 5.88. The summed E-state index contributed by atoms with van der Waals surface area (Å²) in [7, 11) is 0. The molecule has 0 N–H and O–H groups in total. The van der Waals surface area contributed by atoms with E-state index in [0.717, 1.165) is 31.3 Å². The van der Waals surface area contributed by atoms with E-state index in [4.69, 9.17) is 4.74 Å². The molecule has 0 spiro atoms. The zero-order chi connectivity index (χ0) is 20.0. The van der Waals surface area contributed by atoms with E-state index in [-0.39, 0.29) is 5.97 Å². The van der Waals surface area contributed by atoms with Crippen LogP contribution >= 0.6 is 0 Å². The molecule has 0 amide bonds. The quantitative estimate of drug-likeness (QED) is 0.0977. The van der Waals surface area contributed by atoms with Gasteiger partial charge in [-0.25, -0.2) is 4.79 Å². The first-order valence-corrected chi connectivity index (χ1v) is 11.8. The molecule has 0 aliphatic heterocycles. The van der Waals surface area contributed by atoms with Gasteiger partial charge in [0.2, 0.25) is 0 Å². The summed E-state index contributed by atoms with van der Waals surface area (Å²) in [5.41, 5.74) is 0.782. The summed E-state index contributed by atoms with van der Waals surface area (Å²) in [6.45, 7) is 7.03. The highest BCUT2D eigenvalue weighted by Crippen LogP contribution is 2.12. The second kappa shape index (κ2) is 21.3.